The van der Waals surface area contributed by atoms with Crippen LogP contribution in [0.15, 0.2) is 18.2 Å². The van der Waals surface area contributed by atoms with Crippen LogP contribution >= 0.6 is 0 Å². The minimum atomic E-state index is 0.364. The largest absolute Gasteiger partial charge is 0.375 e. The highest BCUT2D eigenvalue weighted by atomic mass is 16.5. The van der Waals surface area contributed by atoms with E-state index in [0.717, 1.165) is 11.3 Å². The molecular weight excluding hydrogens is 216 g/mol. The first-order valence-corrected chi connectivity index (χ1v) is 5.33. The van der Waals surface area contributed by atoms with Gasteiger partial charge < -0.3 is 10.1 Å². The summed E-state index contributed by atoms with van der Waals surface area (Å²) in [6, 6.07) is 3.63. The van der Waals surface area contributed by atoms with Gasteiger partial charge in [-0.15, -0.1) is 0 Å². The van der Waals surface area contributed by atoms with E-state index in [0.29, 0.717) is 31.4 Å². The summed E-state index contributed by atoms with van der Waals surface area (Å²) in [6.07, 6.45) is 0. The van der Waals surface area contributed by atoms with E-state index in [1.54, 1.807) is 6.07 Å². The Balaban J connectivity index is 2.39. The van der Waals surface area contributed by atoms with Gasteiger partial charge in [-0.05, 0) is 19.9 Å². The number of nitriles is 1. The predicted molar refractivity (Wildman–Crippen MR) is 65.6 cm³/mol. The van der Waals surface area contributed by atoms with Crippen molar-refractivity contribution in [2.75, 3.05) is 25.1 Å². The number of hydrogen-bond acceptors (Lipinski definition) is 5. The van der Waals surface area contributed by atoms with Gasteiger partial charge in [0.25, 0.3) is 0 Å². The van der Waals surface area contributed by atoms with Gasteiger partial charge in [0.2, 0.25) is 5.95 Å². The number of nitrogens with zero attached hydrogens (tertiary/aromatic N) is 3. The Labute approximate surface area is 101 Å². The number of ether oxygens (including phenoxy) is 1. The molecule has 5 nitrogen and oxygen atoms in total. The maximum Gasteiger partial charge on any atom is 0.224 e. The molecule has 0 aromatic carbocycles. The Morgan fingerprint density at radius 1 is 1.59 bits per heavy atom. The Kier molecular flexibility index (Phi) is 5.11. The van der Waals surface area contributed by atoms with E-state index in [9.17, 15) is 0 Å². The maximum atomic E-state index is 8.75. The lowest BCUT2D eigenvalue weighted by atomic mass is 10.3. The molecule has 90 valence electrons. The third-order valence-corrected chi connectivity index (χ3v) is 1.85. The smallest absolute Gasteiger partial charge is 0.224 e. The standard InChI is InChI=1S/C12H16N4O/c1-9(2)8-17-5-4-14-12-15-10(3)6-11(7-13)16-12/h6H,1,4-5,8H2,2-3H3,(H,14,15,16). The van der Waals surface area contributed by atoms with Crippen molar-refractivity contribution in [1.82, 2.24) is 9.97 Å². The summed E-state index contributed by atoms with van der Waals surface area (Å²) in [6.45, 7) is 9.18. The second-order valence-corrected chi connectivity index (χ2v) is 3.77. The van der Waals surface area contributed by atoms with E-state index in [1.807, 2.05) is 19.9 Å². The molecule has 0 unspecified atom stereocenters. The number of hydrogen-bond donors (Lipinski definition) is 1. The molecule has 0 fully saturated rings. The van der Waals surface area contributed by atoms with Crippen LogP contribution in [-0.2, 0) is 4.74 Å². The van der Waals surface area contributed by atoms with Crippen LogP contribution in [0.25, 0.3) is 0 Å². The number of rotatable bonds is 6. The molecular formula is C12H16N4O. The van der Waals surface area contributed by atoms with E-state index in [1.165, 1.54) is 0 Å². The van der Waals surface area contributed by atoms with Crippen molar-refractivity contribution < 1.29 is 4.74 Å². The number of anilines is 1. The molecule has 0 bridgehead atoms. The number of aryl methyl sites for hydroxylation is 1. The van der Waals surface area contributed by atoms with Crippen LogP contribution < -0.4 is 5.32 Å². The lowest BCUT2D eigenvalue weighted by Gasteiger charge is -2.06. The van der Waals surface area contributed by atoms with Gasteiger partial charge in [0.1, 0.15) is 11.8 Å². The van der Waals surface area contributed by atoms with Crippen molar-refractivity contribution in [3.63, 3.8) is 0 Å². The van der Waals surface area contributed by atoms with Gasteiger partial charge >= 0.3 is 0 Å². The van der Waals surface area contributed by atoms with E-state index in [4.69, 9.17) is 10.00 Å². The molecule has 0 radical (unpaired) electrons. The van der Waals surface area contributed by atoms with E-state index in [2.05, 4.69) is 21.9 Å². The minimum Gasteiger partial charge on any atom is -0.375 e. The minimum absolute atomic E-state index is 0.364. The van der Waals surface area contributed by atoms with Crippen LogP contribution in [0.2, 0.25) is 0 Å². The average molecular weight is 232 g/mol. The zero-order valence-corrected chi connectivity index (χ0v) is 10.2. The lowest BCUT2D eigenvalue weighted by Crippen LogP contribution is -2.13. The summed E-state index contributed by atoms with van der Waals surface area (Å²) in [7, 11) is 0. The molecule has 0 aliphatic carbocycles. The van der Waals surface area contributed by atoms with Gasteiger partial charge in [-0.3, -0.25) is 0 Å². The summed E-state index contributed by atoms with van der Waals surface area (Å²) < 4.78 is 5.32. The number of nitrogens with one attached hydrogen (secondary N) is 1. The normalized spacial score (nSPS) is 9.71. The van der Waals surface area contributed by atoms with Crippen LogP contribution in [0.4, 0.5) is 5.95 Å². The van der Waals surface area contributed by atoms with E-state index in [-0.39, 0.29) is 0 Å². The predicted octanol–water partition coefficient (Wildman–Crippen LogP) is 1.66. The first kappa shape index (κ1) is 13.1. The third-order valence-electron chi connectivity index (χ3n) is 1.85. The highest BCUT2D eigenvalue weighted by molar-refractivity contribution is 5.32. The first-order chi connectivity index (χ1) is 8.11. The first-order valence-electron chi connectivity index (χ1n) is 5.33. The zero-order valence-electron chi connectivity index (χ0n) is 10.2. The maximum absolute atomic E-state index is 8.75. The van der Waals surface area contributed by atoms with Crippen molar-refractivity contribution in [2.24, 2.45) is 0 Å². The quantitative estimate of drug-likeness (QED) is 0.596. The fourth-order valence-corrected chi connectivity index (χ4v) is 1.19. The van der Waals surface area contributed by atoms with Crippen LogP contribution in [0.3, 0.4) is 0 Å². The lowest BCUT2D eigenvalue weighted by molar-refractivity contribution is 0.167. The van der Waals surface area contributed by atoms with Gasteiger partial charge in [-0.1, -0.05) is 12.2 Å². The Morgan fingerprint density at radius 2 is 2.35 bits per heavy atom. The molecule has 0 atom stereocenters. The average Bonchev–Trinajstić information content (AvgIpc) is 2.27. The third kappa shape index (κ3) is 5.09. The molecule has 0 saturated carbocycles. The van der Waals surface area contributed by atoms with Crippen molar-refractivity contribution >= 4 is 5.95 Å². The molecule has 5 heteroatoms. The number of aromatic nitrogens is 2. The van der Waals surface area contributed by atoms with E-state index >= 15 is 0 Å². The highest BCUT2D eigenvalue weighted by Gasteiger charge is 2.00. The molecule has 0 saturated heterocycles. The fourth-order valence-electron chi connectivity index (χ4n) is 1.19. The molecule has 17 heavy (non-hydrogen) atoms. The fraction of sp³-hybridized carbons (Fsp3) is 0.417. The molecule has 1 aromatic heterocycles. The second kappa shape index (κ2) is 6.61. The van der Waals surface area contributed by atoms with Crippen LogP contribution in [0.1, 0.15) is 18.3 Å². The zero-order chi connectivity index (χ0) is 12.7. The molecule has 1 aromatic rings. The molecule has 0 amide bonds. The Bertz CT molecular complexity index is 437. The Hall–Kier alpha value is -1.93. The molecule has 0 aliphatic rings. The summed E-state index contributed by atoms with van der Waals surface area (Å²) in [4.78, 5) is 8.20. The summed E-state index contributed by atoms with van der Waals surface area (Å²) in [5, 5.41) is 11.8. The summed E-state index contributed by atoms with van der Waals surface area (Å²) >= 11 is 0. The molecule has 1 rings (SSSR count). The Morgan fingerprint density at radius 3 is 3.00 bits per heavy atom. The molecule has 0 aliphatic heterocycles. The van der Waals surface area contributed by atoms with Crippen molar-refractivity contribution in [2.45, 2.75) is 13.8 Å². The monoisotopic (exact) mass is 232 g/mol. The van der Waals surface area contributed by atoms with Gasteiger partial charge in [0.05, 0.1) is 13.2 Å². The highest BCUT2D eigenvalue weighted by Crippen LogP contribution is 2.03. The van der Waals surface area contributed by atoms with Crippen LogP contribution in [-0.4, -0.2) is 29.7 Å². The molecule has 1 N–H and O–H groups in total. The topological polar surface area (TPSA) is 70.8 Å². The van der Waals surface area contributed by atoms with Gasteiger partial charge in [-0.25, -0.2) is 9.97 Å². The summed E-state index contributed by atoms with van der Waals surface area (Å²) in [5.41, 5.74) is 2.12. The molecule has 1 heterocycles. The van der Waals surface area contributed by atoms with Gasteiger partial charge in [0, 0.05) is 12.2 Å². The van der Waals surface area contributed by atoms with Crippen LogP contribution in [0, 0.1) is 18.3 Å². The van der Waals surface area contributed by atoms with Crippen molar-refractivity contribution in [1.29, 1.82) is 5.26 Å². The second-order valence-electron chi connectivity index (χ2n) is 3.77. The van der Waals surface area contributed by atoms with Gasteiger partial charge in [-0.2, -0.15) is 5.26 Å². The summed E-state index contributed by atoms with van der Waals surface area (Å²) in [5.74, 6) is 0.459. The SMILES string of the molecule is C=C(C)COCCNc1nc(C)cc(C#N)n1. The molecule has 0 spiro atoms. The van der Waals surface area contributed by atoms with Crippen molar-refractivity contribution in [3.05, 3.63) is 29.6 Å². The van der Waals surface area contributed by atoms with Gasteiger partial charge in [0.15, 0.2) is 0 Å². The van der Waals surface area contributed by atoms with E-state index < -0.39 is 0 Å². The van der Waals surface area contributed by atoms with Crippen LogP contribution in [0.5, 0.6) is 0 Å². The van der Waals surface area contributed by atoms with Crippen molar-refractivity contribution in [3.8, 4) is 6.07 Å².